The molecular weight excluding hydrogens is 444 g/mol. The third kappa shape index (κ3) is 6.21. The Morgan fingerprint density at radius 1 is 1.00 bits per heavy atom. The maximum atomic E-state index is 12.6. The summed E-state index contributed by atoms with van der Waals surface area (Å²) in [6, 6.07) is 16.5. The van der Waals surface area contributed by atoms with Crippen LogP contribution in [-0.2, 0) is 14.3 Å². The van der Waals surface area contributed by atoms with Crippen molar-refractivity contribution in [3.05, 3.63) is 59.7 Å². The van der Waals surface area contributed by atoms with Crippen LogP contribution < -0.4 is 5.32 Å². The molecule has 0 spiro atoms. The molecule has 1 saturated carbocycles. The van der Waals surface area contributed by atoms with Crippen LogP contribution in [0.3, 0.4) is 0 Å². The lowest BCUT2D eigenvalue weighted by molar-refractivity contribution is -0.137. The SMILES string of the molecule is CN(CCCCC(=O)O)C(=O)C[C@@H]1CC[C@H](NC(=O)OCC2c3ccccc3-c3ccccc32)C1. The predicted octanol–water partition coefficient (Wildman–Crippen LogP) is 4.80. The van der Waals surface area contributed by atoms with E-state index in [1.54, 1.807) is 11.9 Å². The molecule has 2 amide bonds. The van der Waals surface area contributed by atoms with E-state index >= 15 is 0 Å². The van der Waals surface area contributed by atoms with Gasteiger partial charge in [-0.1, -0.05) is 48.5 Å². The van der Waals surface area contributed by atoms with Crippen LogP contribution in [0.5, 0.6) is 0 Å². The summed E-state index contributed by atoms with van der Waals surface area (Å²) in [5.41, 5.74) is 4.78. The first kappa shape index (κ1) is 24.8. The zero-order valence-electron chi connectivity index (χ0n) is 20.2. The Balaban J connectivity index is 1.20. The van der Waals surface area contributed by atoms with Gasteiger partial charge in [-0.05, 0) is 60.3 Å². The van der Waals surface area contributed by atoms with Gasteiger partial charge in [-0.15, -0.1) is 0 Å². The highest BCUT2D eigenvalue weighted by atomic mass is 16.5. The third-order valence-electron chi connectivity index (χ3n) is 7.23. The van der Waals surface area contributed by atoms with Gasteiger partial charge in [0.1, 0.15) is 6.61 Å². The summed E-state index contributed by atoms with van der Waals surface area (Å²) in [4.78, 5) is 37.4. The van der Waals surface area contributed by atoms with Crippen LogP contribution >= 0.6 is 0 Å². The molecule has 35 heavy (non-hydrogen) atoms. The molecule has 2 N–H and O–H groups in total. The fourth-order valence-electron chi connectivity index (χ4n) is 5.35. The molecule has 0 bridgehead atoms. The van der Waals surface area contributed by atoms with Crippen LogP contribution in [0.2, 0.25) is 0 Å². The fraction of sp³-hybridized carbons (Fsp3) is 0.464. The van der Waals surface area contributed by atoms with Gasteiger partial charge in [0.15, 0.2) is 0 Å². The number of carboxylic acid groups (broad SMARTS) is 1. The quantitative estimate of drug-likeness (QED) is 0.479. The minimum atomic E-state index is -0.806. The molecule has 2 aromatic rings. The predicted molar refractivity (Wildman–Crippen MR) is 133 cm³/mol. The van der Waals surface area contributed by atoms with Crippen molar-refractivity contribution >= 4 is 18.0 Å². The van der Waals surface area contributed by atoms with E-state index in [0.29, 0.717) is 32.4 Å². The number of unbranched alkanes of at least 4 members (excludes halogenated alkanes) is 1. The molecule has 0 radical (unpaired) electrons. The minimum Gasteiger partial charge on any atom is -0.481 e. The van der Waals surface area contributed by atoms with Gasteiger partial charge < -0.3 is 20.1 Å². The smallest absolute Gasteiger partial charge is 0.407 e. The first-order valence-corrected chi connectivity index (χ1v) is 12.5. The van der Waals surface area contributed by atoms with Crippen LogP contribution in [0, 0.1) is 5.92 Å². The standard InChI is InChI=1S/C28H34N2O5/c1-30(15-7-6-12-27(32)33)26(31)17-19-13-14-20(16-19)29-28(34)35-18-25-23-10-4-2-8-21(23)22-9-3-5-11-24(22)25/h2-5,8-11,19-20,25H,6-7,12-18H2,1H3,(H,29,34)(H,32,33)/t19-,20+/m1/s1. The van der Waals surface area contributed by atoms with Gasteiger partial charge in [0.05, 0.1) is 0 Å². The molecule has 7 heteroatoms. The third-order valence-corrected chi connectivity index (χ3v) is 7.23. The maximum Gasteiger partial charge on any atom is 0.407 e. The number of alkyl carbamates (subject to hydrolysis) is 1. The first-order valence-electron chi connectivity index (χ1n) is 12.5. The van der Waals surface area contributed by atoms with Gasteiger partial charge in [-0.2, -0.15) is 0 Å². The lowest BCUT2D eigenvalue weighted by Crippen LogP contribution is -2.34. The molecule has 0 heterocycles. The molecule has 0 aromatic heterocycles. The number of nitrogens with zero attached hydrogens (tertiary/aromatic N) is 1. The van der Waals surface area contributed by atoms with E-state index in [4.69, 9.17) is 9.84 Å². The van der Waals surface area contributed by atoms with Gasteiger partial charge in [-0.3, -0.25) is 9.59 Å². The molecule has 0 saturated heterocycles. The van der Waals surface area contributed by atoms with Crippen molar-refractivity contribution in [2.75, 3.05) is 20.2 Å². The molecule has 0 aliphatic heterocycles. The highest BCUT2D eigenvalue weighted by molar-refractivity contribution is 5.79. The summed E-state index contributed by atoms with van der Waals surface area (Å²) >= 11 is 0. The molecule has 4 rings (SSSR count). The lowest BCUT2D eigenvalue weighted by atomic mass is 9.98. The number of hydrogen-bond acceptors (Lipinski definition) is 4. The average molecular weight is 479 g/mol. The second kappa shape index (κ2) is 11.4. The summed E-state index contributed by atoms with van der Waals surface area (Å²) < 4.78 is 5.66. The van der Waals surface area contributed by atoms with E-state index in [2.05, 4.69) is 29.6 Å². The molecule has 1 fully saturated rings. The second-order valence-corrected chi connectivity index (χ2v) is 9.72. The Labute approximate surface area is 206 Å². The monoisotopic (exact) mass is 478 g/mol. The van der Waals surface area contributed by atoms with Gasteiger partial charge >= 0.3 is 12.1 Å². The summed E-state index contributed by atoms with van der Waals surface area (Å²) in [6.45, 7) is 0.863. The largest absolute Gasteiger partial charge is 0.481 e. The Kier molecular flexibility index (Phi) is 8.06. The molecule has 2 aliphatic rings. The van der Waals surface area contributed by atoms with E-state index in [9.17, 15) is 14.4 Å². The van der Waals surface area contributed by atoms with Crippen molar-refractivity contribution in [1.29, 1.82) is 0 Å². The second-order valence-electron chi connectivity index (χ2n) is 9.72. The minimum absolute atomic E-state index is 0.0179. The van der Waals surface area contributed by atoms with Crippen molar-refractivity contribution in [3.8, 4) is 11.1 Å². The Morgan fingerprint density at radius 3 is 2.31 bits per heavy atom. The lowest BCUT2D eigenvalue weighted by Gasteiger charge is -2.19. The number of ether oxygens (including phenoxy) is 1. The number of fused-ring (bicyclic) bond motifs is 3. The van der Waals surface area contributed by atoms with Crippen LogP contribution in [0.15, 0.2) is 48.5 Å². The molecule has 186 valence electrons. The van der Waals surface area contributed by atoms with Gasteiger partial charge in [-0.25, -0.2) is 4.79 Å². The number of carbonyl (C=O) groups is 3. The summed E-state index contributed by atoms with van der Waals surface area (Å²) in [7, 11) is 1.77. The molecule has 2 atom stereocenters. The summed E-state index contributed by atoms with van der Waals surface area (Å²) in [5.74, 6) is -0.456. The van der Waals surface area contributed by atoms with Crippen molar-refractivity contribution in [1.82, 2.24) is 10.2 Å². The number of rotatable bonds is 10. The number of carbonyl (C=O) groups excluding carboxylic acids is 2. The van der Waals surface area contributed by atoms with Gasteiger partial charge in [0.25, 0.3) is 0 Å². The highest BCUT2D eigenvalue weighted by Gasteiger charge is 2.31. The number of nitrogens with one attached hydrogen (secondary N) is 1. The number of amides is 2. The summed E-state index contributed by atoms with van der Waals surface area (Å²) in [5, 5.41) is 11.7. The van der Waals surface area contributed by atoms with Gasteiger partial charge in [0.2, 0.25) is 5.91 Å². The molecule has 2 aliphatic carbocycles. The number of hydrogen-bond donors (Lipinski definition) is 2. The van der Waals surface area contributed by atoms with Crippen LogP contribution in [0.4, 0.5) is 4.79 Å². The maximum absolute atomic E-state index is 12.6. The van der Waals surface area contributed by atoms with E-state index in [1.165, 1.54) is 22.3 Å². The van der Waals surface area contributed by atoms with Crippen molar-refractivity contribution in [3.63, 3.8) is 0 Å². The normalized spacial score (nSPS) is 18.5. The van der Waals surface area contributed by atoms with E-state index < -0.39 is 12.1 Å². The van der Waals surface area contributed by atoms with Crippen molar-refractivity contribution in [2.45, 2.75) is 56.9 Å². The molecular formula is C28H34N2O5. The van der Waals surface area contributed by atoms with E-state index in [1.807, 2.05) is 24.3 Å². The van der Waals surface area contributed by atoms with Crippen LogP contribution in [0.25, 0.3) is 11.1 Å². The Bertz CT molecular complexity index is 1020. The number of aliphatic carboxylic acids is 1. The van der Waals surface area contributed by atoms with Crippen molar-refractivity contribution < 1.29 is 24.2 Å². The van der Waals surface area contributed by atoms with E-state index in [0.717, 1.165) is 19.3 Å². The number of benzene rings is 2. The Morgan fingerprint density at radius 2 is 1.66 bits per heavy atom. The molecule has 2 aromatic carbocycles. The molecule has 7 nitrogen and oxygen atoms in total. The van der Waals surface area contributed by atoms with Crippen molar-refractivity contribution in [2.24, 2.45) is 5.92 Å². The fourth-order valence-corrected chi connectivity index (χ4v) is 5.35. The number of carboxylic acids is 1. The van der Waals surface area contributed by atoms with Gasteiger partial charge in [0, 0.05) is 38.4 Å². The first-order chi connectivity index (χ1) is 16.9. The molecule has 0 unspecified atom stereocenters. The summed E-state index contributed by atoms with van der Waals surface area (Å²) in [6.07, 6.45) is 3.94. The Hall–Kier alpha value is -3.35. The topological polar surface area (TPSA) is 95.9 Å². The zero-order valence-corrected chi connectivity index (χ0v) is 20.2. The highest BCUT2D eigenvalue weighted by Crippen LogP contribution is 2.44. The zero-order chi connectivity index (χ0) is 24.8. The average Bonchev–Trinajstić information content (AvgIpc) is 3.42. The van der Waals surface area contributed by atoms with Crippen LogP contribution in [0.1, 0.15) is 62.0 Å². The van der Waals surface area contributed by atoms with Crippen LogP contribution in [-0.4, -0.2) is 54.2 Å². The van der Waals surface area contributed by atoms with E-state index in [-0.39, 0.29) is 30.2 Å².